The normalized spacial score (nSPS) is 10.6. The van der Waals surface area contributed by atoms with Crippen molar-refractivity contribution >= 4 is 0 Å². The highest BCUT2D eigenvalue weighted by Crippen LogP contribution is 2.38. The Balaban J connectivity index is 2.08. The molecule has 0 aliphatic carbocycles. The van der Waals surface area contributed by atoms with Crippen LogP contribution in [0.1, 0.15) is 16.8 Å². The van der Waals surface area contributed by atoms with Gasteiger partial charge < -0.3 is 19.5 Å². The van der Waals surface area contributed by atoms with Gasteiger partial charge in [-0.2, -0.15) is 5.10 Å². The number of ether oxygens (including phenoxy) is 3. The second-order valence-electron chi connectivity index (χ2n) is 5.02. The van der Waals surface area contributed by atoms with E-state index in [0.717, 1.165) is 17.8 Å². The zero-order valence-corrected chi connectivity index (χ0v) is 13.8. The molecule has 0 saturated heterocycles. The van der Waals surface area contributed by atoms with Gasteiger partial charge in [0.05, 0.1) is 27.5 Å². The molecule has 0 atom stereocenters. The molecule has 0 spiro atoms. The molecular weight excluding hydrogens is 282 g/mol. The second-order valence-corrected chi connectivity index (χ2v) is 5.02. The van der Waals surface area contributed by atoms with Crippen LogP contribution < -0.4 is 19.5 Å². The summed E-state index contributed by atoms with van der Waals surface area (Å²) in [6.45, 7) is 3.52. The molecule has 6 heteroatoms. The van der Waals surface area contributed by atoms with Gasteiger partial charge in [0.25, 0.3) is 0 Å². The molecule has 0 aliphatic heterocycles. The third-order valence-corrected chi connectivity index (χ3v) is 3.71. The van der Waals surface area contributed by atoms with Crippen molar-refractivity contribution in [2.75, 3.05) is 21.3 Å². The molecule has 0 amide bonds. The van der Waals surface area contributed by atoms with Crippen LogP contribution in [0, 0.1) is 6.92 Å². The number of aromatic nitrogens is 2. The van der Waals surface area contributed by atoms with Crippen LogP contribution in [-0.2, 0) is 20.1 Å². The van der Waals surface area contributed by atoms with Crippen molar-refractivity contribution in [2.24, 2.45) is 7.05 Å². The molecule has 1 aromatic carbocycles. The van der Waals surface area contributed by atoms with E-state index in [9.17, 15) is 0 Å². The summed E-state index contributed by atoms with van der Waals surface area (Å²) < 4.78 is 17.9. The molecule has 0 radical (unpaired) electrons. The van der Waals surface area contributed by atoms with Crippen LogP contribution in [0.5, 0.6) is 17.2 Å². The zero-order chi connectivity index (χ0) is 16.1. The number of hydrogen-bond acceptors (Lipinski definition) is 5. The highest BCUT2D eigenvalue weighted by Gasteiger charge is 2.13. The van der Waals surface area contributed by atoms with E-state index >= 15 is 0 Å². The van der Waals surface area contributed by atoms with Crippen LogP contribution >= 0.6 is 0 Å². The molecule has 22 heavy (non-hydrogen) atoms. The third-order valence-electron chi connectivity index (χ3n) is 3.71. The van der Waals surface area contributed by atoms with E-state index in [2.05, 4.69) is 17.3 Å². The molecule has 1 N–H and O–H groups in total. The van der Waals surface area contributed by atoms with E-state index in [0.29, 0.717) is 23.8 Å². The van der Waals surface area contributed by atoms with Gasteiger partial charge >= 0.3 is 0 Å². The number of aryl methyl sites for hydroxylation is 1. The van der Waals surface area contributed by atoms with Gasteiger partial charge in [-0.15, -0.1) is 0 Å². The second kappa shape index (κ2) is 7.17. The molecule has 0 unspecified atom stereocenters. The maximum Gasteiger partial charge on any atom is 0.203 e. The summed E-state index contributed by atoms with van der Waals surface area (Å²) in [7, 11) is 6.78. The number of hydrogen-bond donors (Lipinski definition) is 1. The fourth-order valence-electron chi connectivity index (χ4n) is 2.30. The van der Waals surface area contributed by atoms with Gasteiger partial charge in [0.1, 0.15) is 0 Å². The van der Waals surface area contributed by atoms with E-state index in [1.165, 1.54) is 5.56 Å². The highest BCUT2D eigenvalue weighted by molar-refractivity contribution is 5.53. The van der Waals surface area contributed by atoms with Crippen LogP contribution in [0.2, 0.25) is 0 Å². The molecular formula is C16H23N3O3. The SMILES string of the molecule is COc1cc(CNCc2cnn(C)c2C)cc(OC)c1OC. The summed E-state index contributed by atoms with van der Waals surface area (Å²) in [4.78, 5) is 0. The Labute approximate surface area is 131 Å². The lowest BCUT2D eigenvalue weighted by atomic mass is 10.1. The van der Waals surface area contributed by atoms with E-state index < -0.39 is 0 Å². The minimum absolute atomic E-state index is 0.608. The van der Waals surface area contributed by atoms with Crippen molar-refractivity contribution in [3.05, 3.63) is 35.2 Å². The van der Waals surface area contributed by atoms with Gasteiger partial charge in [-0.3, -0.25) is 4.68 Å². The smallest absolute Gasteiger partial charge is 0.203 e. The van der Waals surface area contributed by atoms with Crippen LogP contribution in [0.4, 0.5) is 0 Å². The lowest BCUT2D eigenvalue weighted by Crippen LogP contribution is -2.13. The van der Waals surface area contributed by atoms with Crippen molar-refractivity contribution in [2.45, 2.75) is 20.0 Å². The van der Waals surface area contributed by atoms with Crippen molar-refractivity contribution < 1.29 is 14.2 Å². The average Bonchev–Trinajstić information content (AvgIpc) is 2.85. The molecule has 6 nitrogen and oxygen atoms in total. The summed E-state index contributed by atoms with van der Waals surface area (Å²) in [6.07, 6.45) is 1.89. The van der Waals surface area contributed by atoms with E-state index in [4.69, 9.17) is 14.2 Å². The summed E-state index contributed by atoms with van der Waals surface area (Å²) in [5.41, 5.74) is 3.42. The minimum atomic E-state index is 0.608. The lowest BCUT2D eigenvalue weighted by molar-refractivity contribution is 0.323. The van der Waals surface area contributed by atoms with Gasteiger partial charge in [0.15, 0.2) is 11.5 Å². The Kier molecular flexibility index (Phi) is 5.27. The Morgan fingerprint density at radius 2 is 1.68 bits per heavy atom. The zero-order valence-electron chi connectivity index (χ0n) is 13.8. The first-order chi connectivity index (χ1) is 10.6. The Bertz CT molecular complexity index is 613. The molecule has 0 fully saturated rings. The highest BCUT2D eigenvalue weighted by atomic mass is 16.5. The van der Waals surface area contributed by atoms with E-state index in [-0.39, 0.29) is 0 Å². The molecule has 0 saturated carbocycles. The summed E-state index contributed by atoms with van der Waals surface area (Å²) >= 11 is 0. The van der Waals surface area contributed by atoms with Crippen LogP contribution in [0.3, 0.4) is 0 Å². The standard InChI is InChI=1S/C16H23N3O3/c1-11-13(10-18-19(11)2)9-17-8-12-6-14(20-3)16(22-5)15(7-12)21-4/h6-7,10,17H,8-9H2,1-5H3. The van der Waals surface area contributed by atoms with Gasteiger partial charge in [-0.05, 0) is 24.6 Å². The van der Waals surface area contributed by atoms with Crippen molar-refractivity contribution in [3.8, 4) is 17.2 Å². The number of nitrogens with zero attached hydrogens (tertiary/aromatic N) is 2. The first-order valence-electron chi connectivity index (χ1n) is 7.07. The van der Waals surface area contributed by atoms with Crippen molar-refractivity contribution in [1.82, 2.24) is 15.1 Å². The van der Waals surface area contributed by atoms with Gasteiger partial charge in [0, 0.05) is 31.4 Å². The largest absolute Gasteiger partial charge is 0.493 e. The predicted octanol–water partition coefficient (Wildman–Crippen LogP) is 2.04. The minimum Gasteiger partial charge on any atom is -0.493 e. The predicted molar refractivity (Wildman–Crippen MR) is 84.6 cm³/mol. The Morgan fingerprint density at radius 3 is 2.14 bits per heavy atom. The maximum absolute atomic E-state index is 5.36. The molecule has 120 valence electrons. The van der Waals surface area contributed by atoms with Crippen LogP contribution in [0.25, 0.3) is 0 Å². The van der Waals surface area contributed by atoms with Gasteiger partial charge in [-0.1, -0.05) is 0 Å². The summed E-state index contributed by atoms with van der Waals surface area (Å²) in [6, 6.07) is 3.90. The van der Waals surface area contributed by atoms with E-state index in [1.54, 1.807) is 21.3 Å². The quantitative estimate of drug-likeness (QED) is 0.848. The average molecular weight is 305 g/mol. The fraction of sp³-hybridized carbons (Fsp3) is 0.438. The van der Waals surface area contributed by atoms with Crippen LogP contribution in [-0.4, -0.2) is 31.1 Å². The number of methoxy groups -OCH3 is 3. The van der Waals surface area contributed by atoms with Crippen molar-refractivity contribution in [3.63, 3.8) is 0 Å². The topological polar surface area (TPSA) is 57.5 Å². The molecule has 1 aromatic heterocycles. The van der Waals surface area contributed by atoms with Gasteiger partial charge in [-0.25, -0.2) is 0 Å². The number of rotatable bonds is 7. The molecule has 2 aromatic rings. The number of nitrogens with one attached hydrogen (secondary N) is 1. The maximum atomic E-state index is 5.36. The first-order valence-corrected chi connectivity index (χ1v) is 7.07. The third kappa shape index (κ3) is 3.33. The lowest BCUT2D eigenvalue weighted by Gasteiger charge is -2.14. The molecule has 0 aliphatic rings. The molecule has 2 rings (SSSR count). The Hall–Kier alpha value is -2.21. The Morgan fingerprint density at radius 1 is 1.05 bits per heavy atom. The molecule has 1 heterocycles. The van der Waals surface area contributed by atoms with Crippen LogP contribution in [0.15, 0.2) is 18.3 Å². The van der Waals surface area contributed by atoms with Crippen molar-refractivity contribution in [1.29, 1.82) is 0 Å². The first kappa shape index (κ1) is 16.2. The number of benzene rings is 1. The molecule has 0 bridgehead atoms. The summed E-state index contributed by atoms with van der Waals surface area (Å²) in [5.74, 6) is 1.93. The monoisotopic (exact) mass is 305 g/mol. The fourth-order valence-corrected chi connectivity index (χ4v) is 2.30. The van der Waals surface area contributed by atoms with Gasteiger partial charge in [0.2, 0.25) is 5.75 Å². The summed E-state index contributed by atoms with van der Waals surface area (Å²) in [5, 5.41) is 7.65. The van der Waals surface area contributed by atoms with E-state index in [1.807, 2.05) is 30.1 Å².